The van der Waals surface area contributed by atoms with Crippen LogP contribution in [0, 0.1) is 0 Å². The minimum atomic E-state index is -1.47. The molecule has 204 valence electrons. The first-order valence-corrected chi connectivity index (χ1v) is 14.5. The lowest BCUT2D eigenvalue weighted by atomic mass is 9.98. The van der Waals surface area contributed by atoms with Gasteiger partial charge in [0.2, 0.25) is 0 Å². The molecule has 2 heterocycles. The van der Waals surface area contributed by atoms with E-state index in [1.807, 2.05) is 71.4 Å². The van der Waals surface area contributed by atoms with E-state index in [2.05, 4.69) is 17.1 Å². The Balaban J connectivity index is 1.46. The standard InChI is InChI=1S/C31H35N3O4S/c1-2-3-4-5-6-10-13-28-32-29(38-33-28)25-16-14-24(15-17-25)21-34(30(35)31(36)37)27(26-18-19-39-22-26)20-23-11-8-7-9-12-23/h7-9,11-12,14-19,22,27H,2-6,10,13,20-21H2,1H3,(H,36,37). The number of aliphatic carboxylic acids is 1. The summed E-state index contributed by atoms with van der Waals surface area (Å²) in [7, 11) is 0. The second-order valence-electron chi connectivity index (χ2n) is 9.73. The SMILES string of the molecule is CCCCCCCCc1noc(-c2ccc(CN(C(=O)C(=O)O)C(Cc3ccccc3)c3ccsc3)cc2)n1. The van der Waals surface area contributed by atoms with Crippen molar-refractivity contribution >= 4 is 23.2 Å². The zero-order valence-electron chi connectivity index (χ0n) is 22.3. The highest BCUT2D eigenvalue weighted by Crippen LogP contribution is 2.29. The normalized spacial score (nSPS) is 11.8. The maximum absolute atomic E-state index is 12.9. The lowest BCUT2D eigenvalue weighted by Crippen LogP contribution is -2.39. The Labute approximate surface area is 233 Å². The fourth-order valence-electron chi connectivity index (χ4n) is 4.64. The molecule has 8 heteroatoms. The molecule has 1 amide bonds. The van der Waals surface area contributed by atoms with Crippen molar-refractivity contribution in [3.8, 4) is 11.5 Å². The molecular formula is C31H35N3O4S. The Morgan fingerprint density at radius 3 is 2.38 bits per heavy atom. The monoisotopic (exact) mass is 545 g/mol. The van der Waals surface area contributed by atoms with E-state index in [9.17, 15) is 14.7 Å². The quantitative estimate of drug-likeness (QED) is 0.134. The second-order valence-corrected chi connectivity index (χ2v) is 10.5. The van der Waals surface area contributed by atoms with Crippen LogP contribution in [-0.2, 0) is 29.0 Å². The number of carbonyl (C=O) groups is 2. The van der Waals surface area contributed by atoms with Gasteiger partial charge in [0.15, 0.2) is 5.82 Å². The first kappa shape index (κ1) is 28.2. The minimum Gasteiger partial charge on any atom is -0.474 e. The molecule has 0 aliphatic rings. The maximum atomic E-state index is 12.9. The minimum absolute atomic E-state index is 0.159. The molecule has 1 unspecified atom stereocenters. The van der Waals surface area contributed by atoms with Crippen LogP contribution in [0.25, 0.3) is 11.5 Å². The van der Waals surface area contributed by atoms with Crippen LogP contribution in [0.2, 0.25) is 0 Å². The van der Waals surface area contributed by atoms with Crippen molar-refractivity contribution in [1.82, 2.24) is 15.0 Å². The van der Waals surface area contributed by atoms with Crippen LogP contribution in [0.4, 0.5) is 0 Å². The number of unbranched alkanes of at least 4 members (excludes halogenated alkanes) is 5. The first-order valence-electron chi connectivity index (χ1n) is 13.6. The van der Waals surface area contributed by atoms with Gasteiger partial charge < -0.3 is 14.5 Å². The molecule has 0 aliphatic heterocycles. The number of thiophene rings is 1. The molecule has 0 fully saturated rings. The fourth-order valence-corrected chi connectivity index (χ4v) is 5.35. The molecule has 4 rings (SSSR count). The van der Waals surface area contributed by atoms with Gasteiger partial charge in [-0.05, 0) is 58.5 Å². The van der Waals surface area contributed by atoms with Crippen molar-refractivity contribution in [3.05, 3.63) is 93.9 Å². The number of carboxylic acid groups (broad SMARTS) is 1. The summed E-state index contributed by atoms with van der Waals surface area (Å²) >= 11 is 1.52. The van der Waals surface area contributed by atoms with E-state index in [0.717, 1.165) is 35.1 Å². The first-order chi connectivity index (χ1) is 19.0. The Bertz CT molecular complexity index is 1300. The number of amides is 1. The molecule has 1 N–H and O–H groups in total. The summed E-state index contributed by atoms with van der Waals surface area (Å²) in [5.74, 6) is -1.23. The fraction of sp³-hybridized carbons (Fsp3) is 0.355. The lowest BCUT2D eigenvalue weighted by molar-refractivity contribution is -0.157. The Hall–Kier alpha value is -3.78. The van der Waals surface area contributed by atoms with E-state index in [0.29, 0.717) is 18.1 Å². The van der Waals surface area contributed by atoms with Gasteiger partial charge in [0, 0.05) is 18.5 Å². The molecule has 2 aromatic carbocycles. The summed E-state index contributed by atoms with van der Waals surface area (Å²) in [6, 6.07) is 18.8. The van der Waals surface area contributed by atoms with Gasteiger partial charge in [0.25, 0.3) is 5.89 Å². The zero-order valence-corrected chi connectivity index (χ0v) is 23.1. The maximum Gasteiger partial charge on any atom is 0.394 e. The van der Waals surface area contributed by atoms with Crippen molar-refractivity contribution in [2.24, 2.45) is 0 Å². The van der Waals surface area contributed by atoms with Crippen molar-refractivity contribution in [2.45, 2.75) is 70.9 Å². The van der Waals surface area contributed by atoms with Crippen LogP contribution >= 0.6 is 11.3 Å². The summed E-state index contributed by atoms with van der Waals surface area (Å²) in [5, 5.41) is 17.7. The highest BCUT2D eigenvalue weighted by Gasteiger charge is 2.30. The molecule has 0 saturated heterocycles. The molecule has 0 aliphatic carbocycles. The van der Waals surface area contributed by atoms with Crippen molar-refractivity contribution in [1.29, 1.82) is 0 Å². The predicted octanol–water partition coefficient (Wildman–Crippen LogP) is 7.10. The third-order valence-electron chi connectivity index (χ3n) is 6.80. The van der Waals surface area contributed by atoms with Crippen LogP contribution in [0.5, 0.6) is 0 Å². The molecule has 0 bridgehead atoms. The molecule has 0 saturated carbocycles. The summed E-state index contributed by atoms with van der Waals surface area (Å²) in [4.78, 5) is 30.7. The number of benzene rings is 2. The predicted molar refractivity (Wildman–Crippen MR) is 152 cm³/mol. The van der Waals surface area contributed by atoms with Crippen LogP contribution in [0.1, 0.15) is 74.0 Å². The molecule has 0 radical (unpaired) electrons. The zero-order chi connectivity index (χ0) is 27.5. The van der Waals surface area contributed by atoms with Gasteiger partial charge in [-0.2, -0.15) is 16.3 Å². The number of carboxylic acids is 1. The summed E-state index contributed by atoms with van der Waals surface area (Å²) in [6.45, 7) is 2.37. The van der Waals surface area contributed by atoms with E-state index in [4.69, 9.17) is 4.52 Å². The highest BCUT2D eigenvalue weighted by molar-refractivity contribution is 7.08. The molecule has 2 aromatic heterocycles. The van der Waals surface area contributed by atoms with E-state index >= 15 is 0 Å². The van der Waals surface area contributed by atoms with Gasteiger partial charge >= 0.3 is 11.9 Å². The molecular weight excluding hydrogens is 510 g/mol. The van der Waals surface area contributed by atoms with Crippen molar-refractivity contribution in [3.63, 3.8) is 0 Å². The number of aryl methyl sites for hydroxylation is 1. The molecule has 4 aromatic rings. The van der Waals surface area contributed by atoms with Gasteiger partial charge in [0.1, 0.15) is 0 Å². The number of rotatable bonds is 14. The third kappa shape index (κ3) is 8.10. The van der Waals surface area contributed by atoms with Crippen LogP contribution < -0.4 is 0 Å². The largest absolute Gasteiger partial charge is 0.474 e. The van der Waals surface area contributed by atoms with E-state index in [1.54, 1.807) is 0 Å². The lowest BCUT2D eigenvalue weighted by Gasteiger charge is -2.31. The Morgan fingerprint density at radius 2 is 1.69 bits per heavy atom. The second kappa shape index (κ2) is 14.4. The van der Waals surface area contributed by atoms with Crippen molar-refractivity contribution < 1.29 is 19.2 Å². The Morgan fingerprint density at radius 1 is 0.949 bits per heavy atom. The summed E-state index contributed by atoms with van der Waals surface area (Å²) < 4.78 is 5.49. The van der Waals surface area contributed by atoms with Crippen molar-refractivity contribution in [2.75, 3.05) is 0 Å². The smallest absolute Gasteiger partial charge is 0.394 e. The van der Waals surface area contributed by atoms with Crippen LogP contribution in [0.3, 0.4) is 0 Å². The van der Waals surface area contributed by atoms with Gasteiger partial charge in [-0.25, -0.2) is 4.79 Å². The number of aromatic nitrogens is 2. The molecule has 7 nitrogen and oxygen atoms in total. The van der Waals surface area contributed by atoms with Crippen LogP contribution in [0.15, 0.2) is 75.9 Å². The van der Waals surface area contributed by atoms with Gasteiger partial charge in [-0.1, -0.05) is 86.6 Å². The van der Waals surface area contributed by atoms with Gasteiger partial charge in [0.05, 0.1) is 6.04 Å². The molecule has 0 spiro atoms. The molecule has 1 atom stereocenters. The Kier molecular flexibility index (Phi) is 10.4. The third-order valence-corrected chi connectivity index (χ3v) is 7.50. The van der Waals surface area contributed by atoms with Gasteiger partial charge in [-0.3, -0.25) is 4.79 Å². The summed E-state index contributed by atoms with van der Waals surface area (Å²) in [5.41, 5.74) is 3.54. The molecule has 39 heavy (non-hydrogen) atoms. The number of carbonyl (C=O) groups excluding carboxylic acids is 1. The van der Waals surface area contributed by atoms with E-state index in [-0.39, 0.29) is 6.54 Å². The number of hydrogen-bond donors (Lipinski definition) is 1. The van der Waals surface area contributed by atoms with Gasteiger partial charge in [-0.15, -0.1) is 0 Å². The van der Waals surface area contributed by atoms with E-state index < -0.39 is 17.9 Å². The van der Waals surface area contributed by atoms with E-state index in [1.165, 1.54) is 48.3 Å². The summed E-state index contributed by atoms with van der Waals surface area (Å²) in [6.07, 6.45) is 8.56. The topological polar surface area (TPSA) is 96.5 Å². The average Bonchev–Trinajstić information content (AvgIpc) is 3.66. The van der Waals surface area contributed by atoms with Crippen LogP contribution in [-0.4, -0.2) is 32.0 Å². The number of hydrogen-bond acceptors (Lipinski definition) is 6. The highest BCUT2D eigenvalue weighted by atomic mass is 32.1. The average molecular weight is 546 g/mol. The number of nitrogens with zero attached hydrogens (tertiary/aromatic N) is 3.